The molecule has 0 aliphatic carbocycles. The molecule has 72 valence electrons. The first-order chi connectivity index (χ1) is 5.88. The highest BCUT2D eigenvalue weighted by Crippen LogP contribution is 2.22. The van der Waals surface area contributed by atoms with Crippen molar-refractivity contribution < 1.29 is 8.42 Å². The van der Waals surface area contributed by atoms with E-state index in [4.69, 9.17) is 11.6 Å². The predicted octanol–water partition coefficient (Wildman–Crippen LogP) is 1.87. The Kier molecular flexibility index (Phi) is 3.15. The molecule has 0 spiro atoms. The largest absolute Gasteiger partial charge is 0.282 e. The third kappa shape index (κ3) is 3.50. The number of hydrogen-bond acceptors (Lipinski definition) is 3. The highest BCUT2D eigenvalue weighted by molar-refractivity contribution is 9.10. The van der Waals surface area contributed by atoms with Gasteiger partial charge < -0.3 is 0 Å². The molecule has 0 bridgehead atoms. The van der Waals surface area contributed by atoms with Gasteiger partial charge in [0.25, 0.3) is 0 Å². The molecule has 4 nitrogen and oxygen atoms in total. The Morgan fingerprint density at radius 2 is 2.23 bits per heavy atom. The van der Waals surface area contributed by atoms with Crippen molar-refractivity contribution in [1.29, 1.82) is 0 Å². The van der Waals surface area contributed by atoms with Crippen molar-refractivity contribution in [2.24, 2.45) is 0 Å². The lowest BCUT2D eigenvalue weighted by Gasteiger charge is -2.03. The minimum atomic E-state index is -3.27. The second kappa shape index (κ2) is 3.81. The average molecular weight is 286 g/mol. The summed E-state index contributed by atoms with van der Waals surface area (Å²) in [5, 5.41) is 0.355. The van der Waals surface area contributed by atoms with E-state index in [-0.39, 0.29) is 0 Å². The SMILES string of the molecule is CS(=O)(=O)Nc1cnc(Br)c(Cl)c1. The van der Waals surface area contributed by atoms with Crippen LogP contribution in [-0.2, 0) is 10.0 Å². The van der Waals surface area contributed by atoms with Crippen LogP contribution < -0.4 is 4.72 Å². The summed E-state index contributed by atoms with van der Waals surface area (Å²) in [5.74, 6) is 0. The molecule has 0 saturated carbocycles. The second-order valence-electron chi connectivity index (χ2n) is 2.37. The first-order valence-electron chi connectivity index (χ1n) is 3.17. The van der Waals surface area contributed by atoms with Gasteiger partial charge in [-0.25, -0.2) is 13.4 Å². The molecule has 1 heterocycles. The van der Waals surface area contributed by atoms with Crippen LogP contribution in [0.2, 0.25) is 5.02 Å². The van der Waals surface area contributed by atoms with Crippen LogP contribution in [0, 0.1) is 0 Å². The van der Waals surface area contributed by atoms with Gasteiger partial charge in [0.1, 0.15) is 4.60 Å². The maximum Gasteiger partial charge on any atom is 0.229 e. The lowest BCUT2D eigenvalue weighted by molar-refractivity contribution is 0.607. The van der Waals surface area contributed by atoms with Crippen LogP contribution in [0.1, 0.15) is 0 Å². The summed E-state index contributed by atoms with van der Waals surface area (Å²) in [5.41, 5.74) is 0.343. The van der Waals surface area contributed by atoms with E-state index in [2.05, 4.69) is 25.6 Å². The standard InChI is InChI=1S/C6H6BrClN2O2S/c1-13(11,12)10-4-2-5(8)6(7)9-3-4/h2-3,10H,1H3. The minimum absolute atomic E-state index is 0.343. The first-order valence-corrected chi connectivity index (χ1v) is 6.23. The second-order valence-corrected chi connectivity index (χ2v) is 5.28. The van der Waals surface area contributed by atoms with E-state index in [9.17, 15) is 8.42 Å². The number of nitrogens with zero attached hydrogens (tertiary/aromatic N) is 1. The summed E-state index contributed by atoms with van der Waals surface area (Å²) in [7, 11) is -3.27. The van der Waals surface area contributed by atoms with Crippen LogP contribution in [0.15, 0.2) is 16.9 Å². The summed E-state index contributed by atoms with van der Waals surface area (Å²) in [6.07, 6.45) is 2.43. The lowest BCUT2D eigenvalue weighted by Crippen LogP contribution is -2.09. The van der Waals surface area contributed by atoms with Gasteiger partial charge in [0.2, 0.25) is 10.0 Å². The quantitative estimate of drug-likeness (QED) is 0.844. The van der Waals surface area contributed by atoms with Gasteiger partial charge >= 0.3 is 0 Å². The van der Waals surface area contributed by atoms with E-state index >= 15 is 0 Å². The molecule has 1 N–H and O–H groups in total. The molecule has 1 aromatic rings. The van der Waals surface area contributed by atoms with Crippen LogP contribution in [0.5, 0.6) is 0 Å². The van der Waals surface area contributed by atoms with Gasteiger partial charge in [-0.1, -0.05) is 11.6 Å². The van der Waals surface area contributed by atoms with E-state index in [0.717, 1.165) is 6.26 Å². The van der Waals surface area contributed by atoms with Gasteiger partial charge in [0, 0.05) is 0 Å². The summed E-state index contributed by atoms with van der Waals surface area (Å²) in [6.45, 7) is 0. The van der Waals surface area contributed by atoms with E-state index in [0.29, 0.717) is 15.3 Å². The van der Waals surface area contributed by atoms with Crippen LogP contribution in [0.3, 0.4) is 0 Å². The number of sulfonamides is 1. The van der Waals surface area contributed by atoms with Gasteiger partial charge in [-0.05, 0) is 22.0 Å². The molecule has 0 amide bonds. The summed E-state index contributed by atoms with van der Waals surface area (Å²) >= 11 is 8.79. The molecule has 0 aromatic carbocycles. The van der Waals surface area contributed by atoms with E-state index in [1.54, 1.807) is 0 Å². The number of pyridine rings is 1. The zero-order valence-electron chi connectivity index (χ0n) is 6.58. The molecule has 0 unspecified atom stereocenters. The fourth-order valence-corrected chi connectivity index (χ4v) is 1.61. The normalized spacial score (nSPS) is 11.3. The average Bonchev–Trinajstić information content (AvgIpc) is 1.94. The van der Waals surface area contributed by atoms with E-state index in [1.165, 1.54) is 12.3 Å². The van der Waals surface area contributed by atoms with Crippen molar-refractivity contribution in [3.05, 3.63) is 21.9 Å². The molecule has 0 fully saturated rings. The van der Waals surface area contributed by atoms with Crippen molar-refractivity contribution in [3.8, 4) is 0 Å². The molecule has 7 heteroatoms. The number of nitrogens with one attached hydrogen (secondary N) is 1. The molecule has 1 aromatic heterocycles. The molecule has 0 saturated heterocycles. The molecule has 0 radical (unpaired) electrons. The fraction of sp³-hybridized carbons (Fsp3) is 0.167. The molecule has 0 atom stereocenters. The smallest absolute Gasteiger partial charge is 0.229 e. The molecule has 13 heavy (non-hydrogen) atoms. The first kappa shape index (κ1) is 10.7. The van der Waals surface area contributed by atoms with Crippen molar-refractivity contribution >= 4 is 43.2 Å². The van der Waals surface area contributed by atoms with Gasteiger partial charge in [-0.2, -0.15) is 0 Å². The minimum Gasteiger partial charge on any atom is -0.282 e. The van der Waals surface area contributed by atoms with Gasteiger partial charge in [-0.15, -0.1) is 0 Å². The van der Waals surface area contributed by atoms with E-state index in [1.807, 2.05) is 0 Å². The third-order valence-corrected chi connectivity index (χ3v) is 2.85. The van der Waals surface area contributed by atoms with E-state index < -0.39 is 10.0 Å². The Labute approximate surface area is 89.5 Å². The Balaban J connectivity index is 2.99. The molecular formula is C6H6BrClN2O2S. The predicted molar refractivity (Wildman–Crippen MR) is 55.4 cm³/mol. The van der Waals surface area contributed by atoms with Gasteiger partial charge in [0.15, 0.2) is 0 Å². The van der Waals surface area contributed by atoms with Gasteiger partial charge in [-0.3, -0.25) is 4.72 Å². The number of halogens is 2. The molecule has 0 aliphatic heterocycles. The molecule has 1 rings (SSSR count). The van der Waals surface area contributed by atoms with Crippen LogP contribution >= 0.6 is 27.5 Å². The van der Waals surface area contributed by atoms with Crippen LogP contribution in [-0.4, -0.2) is 19.7 Å². The van der Waals surface area contributed by atoms with Gasteiger partial charge in [0.05, 0.1) is 23.2 Å². The number of hydrogen-bond donors (Lipinski definition) is 1. The van der Waals surface area contributed by atoms with Crippen LogP contribution in [0.4, 0.5) is 5.69 Å². The fourth-order valence-electron chi connectivity index (χ4n) is 0.691. The highest BCUT2D eigenvalue weighted by Gasteiger charge is 2.04. The maximum atomic E-state index is 10.8. The number of rotatable bonds is 2. The Hall–Kier alpha value is -0.330. The zero-order valence-corrected chi connectivity index (χ0v) is 9.74. The molecular weight excluding hydrogens is 280 g/mol. The Morgan fingerprint density at radius 3 is 2.69 bits per heavy atom. The van der Waals surface area contributed by atoms with Crippen molar-refractivity contribution in [1.82, 2.24) is 4.98 Å². The lowest BCUT2D eigenvalue weighted by atomic mass is 10.4. The molecule has 0 aliphatic rings. The van der Waals surface area contributed by atoms with Crippen molar-refractivity contribution in [3.63, 3.8) is 0 Å². The van der Waals surface area contributed by atoms with Crippen molar-refractivity contribution in [2.45, 2.75) is 0 Å². The zero-order chi connectivity index (χ0) is 10.1. The number of anilines is 1. The summed E-state index contributed by atoms with van der Waals surface area (Å²) in [4.78, 5) is 3.82. The monoisotopic (exact) mass is 284 g/mol. The Morgan fingerprint density at radius 1 is 1.62 bits per heavy atom. The topological polar surface area (TPSA) is 59.1 Å². The summed E-state index contributed by atoms with van der Waals surface area (Å²) in [6, 6.07) is 1.47. The third-order valence-electron chi connectivity index (χ3n) is 1.10. The summed E-state index contributed by atoms with van der Waals surface area (Å²) < 4.78 is 24.3. The highest BCUT2D eigenvalue weighted by atomic mass is 79.9. The Bertz CT molecular complexity index is 421. The van der Waals surface area contributed by atoms with Crippen molar-refractivity contribution in [2.75, 3.05) is 11.0 Å². The van der Waals surface area contributed by atoms with Crippen LogP contribution in [0.25, 0.3) is 0 Å². The maximum absolute atomic E-state index is 10.8. The number of aromatic nitrogens is 1.